The zero-order valence-electron chi connectivity index (χ0n) is 17.2. The Morgan fingerprint density at radius 1 is 1.11 bits per heavy atom. The number of aromatic nitrogens is 1. The molecule has 0 N–H and O–H groups in total. The summed E-state index contributed by atoms with van der Waals surface area (Å²) in [6, 6.07) is 7.79. The number of thioether (sulfide) groups is 1. The molecular formula is C22H32N2OS2. The van der Waals surface area contributed by atoms with Crippen molar-refractivity contribution in [3.05, 3.63) is 45.8 Å². The van der Waals surface area contributed by atoms with Crippen LogP contribution in [0.1, 0.15) is 67.4 Å². The number of thiophene rings is 1. The summed E-state index contributed by atoms with van der Waals surface area (Å²) in [6.07, 6.45) is 4.90. The smallest absolute Gasteiger partial charge is 0.205 e. The van der Waals surface area contributed by atoms with Crippen molar-refractivity contribution in [2.24, 2.45) is 0 Å². The fraction of sp³-hybridized carbons (Fsp3) is 0.545. The summed E-state index contributed by atoms with van der Waals surface area (Å²) in [6.45, 7) is 7.64. The van der Waals surface area contributed by atoms with Gasteiger partial charge in [-0.25, -0.2) is 4.98 Å². The summed E-state index contributed by atoms with van der Waals surface area (Å²) in [7, 11) is 4.24. The molecule has 2 aromatic heterocycles. The number of carbonyl (C=O) groups excluding carboxylic acids is 1. The van der Waals surface area contributed by atoms with Crippen molar-refractivity contribution < 1.29 is 4.79 Å². The summed E-state index contributed by atoms with van der Waals surface area (Å²) in [4.78, 5) is 20.8. The van der Waals surface area contributed by atoms with E-state index in [0.717, 1.165) is 39.9 Å². The molecule has 2 heterocycles. The maximum Gasteiger partial charge on any atom is 0.205 e. The van der Waals surface area contributed by atoms with Crippen LogP contribution in [-0.4, -0.2) is 42.1 Å². The van der Waals surface area contributed by atoms with Crippen molar-refractivity contribution in [1.29, 1.82) is 0 Å². The van der Waals surface area contributed by atoms with Crippen LogP contribution in [0.4, 0.5) is 0 Å². The molecule has 5 heteroatoms. The minimum absolute atomic E-state index is 0.0218. The van der Waals surface area contributed by atoms with Crippen molar-refractivity contribution in [3.8, 4) is 0 Å². The number of carbonyl (C=O) groups is 1. The van der Waals surface area contributed by atoms with Gasteiger partial charge < -0.3 is 4.90 Å². The molecule has 0 spiro atoms. The Balaban J connectivity index is 2.04. The van der Waals surface area contributed by atoms with Gasteiger partial charge in [-0.3, -0.25) is 4.79 Å². The zero-order chi connectivity index (χ0) is 19.9. The number of hydrogen-bond donors (Lipinski definition) is 0. The van der Waals surface area contributed by atoms with Crippen molar-refractivity contribution >= 4 is 28.9 Å². The lowest BCUT2D eigenvalue weighted by Gasteiger charge is -2.19. The van der Waals surface area contributed by atoms with Gasteiger partial charge in [0.1, 0.15) is 5.03 Å². The minimum atomic E-state index is -0.0218. The lowest BCUT2D eigenvalue weighted by molar-refractivity contribution is 0.103. The zero-order valence-corrected chi connectivity index (χ0v) is 18.9. The highest BCUT2D eigenvalue weighted by Crippen LogP contribution is 2.29. The van der Waals surface area contributed by atoms with Crippen molar-refractivity contribution in [2.45, 2.75) is 56.9 Å². The number of pyridine rings is 1. The summed E-state index contributed by atoms with van der Waals surface area (Å²) in [5, 5.41) is 2.83. The molecule has 0 aliphatic carbocycles. The Labute approximate surface area is 172 Å². The van der Waals surface area contributed by atoms with Gasteiger partial charge in [-0.2, -0.15) is 0 Å². The van der Waals surface area contributed by atoms with E-state index in [-0.39, 0.29) is 11.2 Å². The summed E-state index contributed by atoms with van der Waals surface area (Å²) in [5.74, 6) is 1.10. The maximum atomic E-state index is 12.9. The Morgan fingerprint density at radius 3 is 2.48 bits per heavy atom. The van der Waals surface area contributed by atoms with E-state index in [1.807, 2.05) is 29.6 Å². The second kappa shape index (κ2) is 10.4. The monoisotopic (exact) mass is 404 g/mol. The van der Waals surface area contributed by atoms with Crippen LogP contribution in [-0.2, 0) is 5.41 Å². The third-order valence-electron chi connectivity index (χ3n) is 4.36. The first-order valence-electron chi connectivity index (χ1n) is 9.66. The average molecular weight is 405 g/mol. The lowest BCUT2D eigenvalue weighted by atomic mass is 9.91. The molecule has 0 fully saturated rings. The molecule has 0 aliphatic rings. The van der Waals surface area contributed by atoms with Crippen molar-refractivity contribution in [1.82, 2.24) is 9.88 Å². The molecular weight excluding hydrogens is 372 g/mol. The molecule has 2 rings (SSSR count). The molecule has 27 heavy (non-hydrogen) atoms. The first kappa shape index (κ1) is 22.1. The minimum Gasteiger partial charge on any atom is -0.309 e. The molecule has 0 bridgehead atoms. The van der Waals surface area contributed by atoms with E-state index in [0.29, 0.717) is 0 Å². The average Bonchev–Trinajstić information content (AvgIpc) is 3.13. The van der Waals surface area contributed by atoms with Gasteiger partial charge in [0.05, 0.1) is 10.4 Å². The SMILES string of the molecule is CN(C)CCCCCCSc1nc(C(C)(C)C)ccc1C(=O)c1cccs1. The predicted molar refractivity (Wildman–Crippen MR) is 118 cm³/mol. The number of rotatable bonds is 10. The van der Waals surface area contributed by atoms with Crippen LogP contribution in [0.15, 0.2) is 34.7 Å². The van der Waals surface area contributed by atoms with Crippen LogP contribution in [0.3, 0.4) is 0 Å². The first-order valence-corrected chi connectivity index (χ1v) is 11.5. The fourth-order valence-corrected chi connectivity index (χ4v) is 4.43. The van der Waals surface area contributed by atoms with Crippen molar-refractivity contribution in [3.63, 3.8) is 0 Å². The van der Waals surface area contributed by atoms with Crippen LogP contribution in [0.2, 0.25) is 0 Å². The standard InChI is InChI=1S/C22H32N2OS2/c1-22(2,3)19-13-12-17(20(25)18-11-10-16-26-18)21(23-19)27-15-9-7-6-8-14-24(4)5/h10-13,16H,6-9,14-15H2,1-5H3. The number of ketones is 1. The maximum absolute atomic E-state index is 12.9. The second-order valence-corrected chi connectivity index (χ2v) is 10.2. The third-order valence-corrected chi connectivity index (χ3v) is 6.30. The Kier molecular flexibility index (Phi) is 8.52. The fourth-order valence-electron chi connectivity index (χ4n) is 2.73. The van der Waals surface area contributed by atoms with Gasteiger partial charge in [-0.1, -0.05) is 39.7 Å². The molecule has 0 aliphatic heterocycles. The van der Waals surface area contributed by atoms with Crippen LogP contribution in [0.5, 0.6) is 0 Å². The van der Waals surface area contributed by atoms with Crippen LogP contribution in [0.25, 0.3) is 0 Å². The molecule has 148 valence electrons. The molecule has 3 nitrogen and oxygen atoms in total. The Hall–Kier alpha value is -1.17. The van der Waals surface area contributed by atoms with E-state index in [1.165, 1.54) is 30.6 Å². The quantitative estimate of drug-likeness (QED) is 0.281. The van der Waals surface area contributed by atoms with E-state index >= 15 is 0 Å². The molecule has 0 saturated heterocycles. The van der Waals surface area contributed by atoms with Crippen LogP contribution >= 0.6 is 23.1 Å². The van der Waals surface area contributed by atoms with Gasteiger partial charge in [0, 0.05) is 11.1 Å². The largest absolute Gasteiger partial charge is 0.309 e. The van der Waals surface area contributed by atoms with Crippen LogP contribution < -0.4 is 0 Å². The summed E-state index contributed by atoms with van der Waals surface area (Å²) < 4.78 is 0. The second-order valence-electron chi connectivity index (χ2n) is 8.17. The topological polar surface area (TPSA) is 33.2 Å². The normalized spacial score (nSPS) is 11.9. The predicted octanol–water partition coefficient (Wildman–Crippen LogP) is 5.89. The molecule has 0 aromatic carbocycles. The van der Waals surface area contributed by atoms with E-state index in [2.05, 4.69) is 39.8 Å². The molecule has 2 aromatic rings. The first-order chi connectivity index (χ1) is 12.8. The van der Waals surface area contributed by atoms with Gasteiger partial charge in [0.25, 0.3) is 0 Å². The number of nitrogens with zero attached hydrogens (tertiary/aromatic N) is 2. The molecule has 0 atom stereocenters. The third kappa shape index (κ3) is 7.05. The van der Waals surface area contributed by atoms with E-state index in [4.69, 9.17) is 4.98 Å². The van der Waals surface area contributed by atoms with Crippen LogP contribution in [0, 0.1) is 0 Å². The van der Waals surface area contributed by atoms with Gasteiger partial charge >= 0.3 is 0 Å². The van der Waals surface area contributed by atoms with Gasteiger partial charge in [0.2, 0.25) is 5.78 Å². The summed E-state index contributed by atoms with van der Waals surface area (Å²) >= 11 is 3.22. The van der Waals surface area contributed by atoms with Gasteiger partial charge in [-0.15, -0.1) is 23.1 Å². The number of unbranched alkanes of at least 4 members (excludes halogenated alkanes) is 3. The summed E-state index contributed by atoms with van der Waals surface area (Å²) in [5.41, 5.74) is 1.76. The van der Waals surface area contributed by atoms with Gasteiger partial charge in [0.15, 0.2) is 0 Å². The molecule has 0 unspecified atom stereocenters. The van der Waals surface area contributed by atoms with E-state index < -0.39 is 0 Å². The van der Waals surface area contributed by atoms with E-state index in [9.17, 15) is 4.79 Å². The number of hydrogen-bond acceptors (Lipinski definition) is 5. The molecule has 0 amide bonds. The highest BCUT2D eigenvalue weighted by atomic mass is 32.2. The molecule has 0 radical (unpaired) electrons. The van der Waals surface area contributed by atoms with Gasteiger partial charge in [-0.05, 0) is 62.8 Å². The Bertz CT molecular complexity index is 718. The Morgan fingerprint density at radius 2 is 1.85 bits per heavy atom. The highest BCUT2D eigenvalue weighted by molar-refractivity contribution is 7.99. The highest BCUT2D eigenvalue weighted by Gasteiger charge is 2.21. The molecule has 0 saturated carbocycles. The van der Waals surface area contributed by atoms with E-state index in [1.54, 1.807) is 11.8 Å². The van der Waals surface area contributed by atoms with Crippen molar-refractivity contribution in [2.75, 3.05) is 26.4 Å². The lowest BCUT2D eigenvalue weighted by Crippen LogP contribution is -2.15.